The van der Waals surface area contributed by atoms with Crippen LogP contribution in [0.25, 0.3) is 0 Å². The first-order valence-corrected chi connectivity index (χ1v) is 15.3. The number of rotatable bonds is 21. The van der Waals surface area contributed by atoms with Gasteiger partial charge in [-0.1, -0.05) is 113 Å². The summed E-state index contributed by atoms with van der Waals surface area (Å²) in [5.41, 5.74) is 3.19. The third-order valence-corrected chi connectivity index (χ3v) is 7.06. The Labute approximate surface area is 250 Å². The number of amides is 1. The van der Waals surface area contributed by atoms with Crippen LogP contribution in [0.4, 0.5) is 5.69 Å². The molecule has 0 aliphatic carbocycles. The number of carboxylic acids is 1. The number of hydroxylamine groups is 1. The van der Waals surface area contributed by atoms with Gasteiger partial charge in [0.2, 0.25) is 0 Å². The van der Waals surface area contributed by atoms with Crippen molar-refractivity contribution in [3.05, 3.63) is 95.6 Å². The van der Waals surface area contributed by atoms with Gasteiger partial charge in [0.25, 0.3) is 5.91 Å². The highest BCUT2D eigenvalue weighted by atomic mass is 16.7. The number of carbonyl (C=O) groups is 2. The first-order chi connectivity index (χ1) is 20.5. The lowest BCUT2D eigenvalue weighted by molar-refractivity contribution is -0.142. The summed E-state index contributed by atoms with van der Waals surface area (Å²) in [4.78, 5) is 29.5. The van der Waals surface area contributed by atoms with Crippen LogP contribution in [-0.2, 0) is 22.8 Å². The molecule has 226 valence electrons. The molecule has 0 aliphatic rings. The van der Waals surface area contributed by atoms with Crippen molar-refractivity contribution in [3.8, 4) is 5.75 Å². The molecule has 0 spiro atoms. The summed E-state index contributed by atoms with van der Waals surface area (Å²) in [7, 11) is 0. The average molecular weight is 575 g/mol. The lowest BCUT2D eigenvalue weighted by Gasteiger charge is -2.24. The molecule has 0 aromatic heterocycles. The van der Waals surface area contributed by atoms with E-state index in [2.05, 4.69) is 12.2 Å². The van der Waals surface area contributed by atoms with Crippen LogP contribution in [0.5, 0.6) is 5.75 Å². The molecule has 3 rings (SSSR count). The maximum Gasteiger partial charge on any atom is 0.332 e. The van der Waals surface area contributed by atoms with Gasteiger partial charge in [-0.3, -0.25) is 9.63 Å². The summed E-state index contributed by atoms with van der Waals surface area (Å²) in [5, 5.41) is 13.7. The minimum atomic E-state index is -1.06. The van der Waals surface area contributed by atoms with E-state index in [9.17, 15) is 14.7 Å². The molecule has 1 amide bonds. The smallest absolute Gasteiger partial charge is 0.332 e. The number of anilines is 1. The maximum atomic E-state index is 12.6. The number of carboxylic acid groups (broad SMARTS) is 1. The van der Waals surface area contributed by atoms with E-state index < -0.39 is 12.6 Å². The Kier molecular flexibility index (Phi) is 15.0. The van der Waals surface area contributed by atoms with Crippen LogP contribution in [-0.4, -0.2) is 30.1 Å². The number of nitrogens with one attached hydrogen (secondary N) is 1. The Morgan fingerprint density at radius 1 is 0.762 bits per heavy atom. The van der Waals surface area contributed by atoms with E-state index in [1.54, 1.807) is 12.1 Å². The van der Waals surface area contributed by atoms with Gasteiger partial charge >= 0.3 is 5.97 Å². The number of hydrogen-bond donors (Lipinski definition) is 2. The van der Waals surface area contributed by atoms with Crippen molar-refractivity contribution in [3.63, 3.8) is 0 Å². The topological polar surface area (TPSA) is 88.1 Å². The Balaban J connectivity index is 1.46. The van der Waals surface area contributed by atoms with E-state index in [0.29, 0.717) is 36.7 Å². The van der Waals surface area contributed by atoms with Crippen molar-refractivity contribution in [2.75, 3.05) is 18.2 Å². The molecule has 0 fully saturated rings. The molecule has 7 heteroatoms. The molecule has 7 nitrogen and oxygen atoms in total. The SMILES string of the molecule is CCCCCCCCCCCCNC(=O)c1ccc(CN(OCC(=O)O)c2cccc(OCc3ccccc3)c2)cc1. The van der Waals surface area contributed by atoms with Gasteiger partial charge in [-0.05, 0) is 41.8 Å². The molecule has 0 aliphatic heterocycles. The molecule has 0 saturated carbocycles. The minimum Gasteiger partial charge on any atom is -0.489 e. The van der Waals surface area contributed by atoms with E-state index in [1.165, 1.54) is 56.4 Å². The third-order valence-electron chi connectivity index (χ3n) is 7.06. The summed E-state index contributed by atoms with van der Waals surface area (Å²) >= 11 is 0. The summed E-state index contributed by atoms with van der Waals surface area (Å²) < 4.78 is 5.94. The second kappa shape index (κ2) is 19.3. The van der Waals surface area contributed by atoms with Crippen LogP contribution in [0.15, 0.2) is 78.9 Å². The Bertz CT molecular complexity index is 1180. The predicted octanol–water partition coefficient (Wildman–Crippen LogP) is 7.94. The number of carbonyl (C=O) groups excluding carboxylic acids is 1. The number of aliphatic carboxylic acids is 1. The lowest BCUT2D eigenvalue weighted by atomic mass is 10.1. The number of ether oxygens (including phenoxy) is 1. The highest BCUT2D eigenvalue weighted by Gasteiger charge is 2.13. The van der Waals surface area contributed by atoms with Crippen LogP contribution >= 0.6 is 0 Å². The monoisotopic (exact) mass is 574 g/mol. The zero-order chi connectivity index (χ0) is 29.8. The van der Waals surface area contributed by atoms with Gasteiger partial charge in [-0.25, -0.2) is 9.86 Å². The first-order valence-electron chi connectivity index (χ1n) is 15.3. The van der Waals surface area contributed by atoms with E-state index in [-0.39, 0.29) is 5.91 Å². The van der Waals surface area contributed by atoms with Gasteiger partial charge in [0, 0.05) is 18.2 Å². The molecule has 0 bridgehead atoms. The second-order valence-electron chi connectivity index (χ2n) is 10.6. The lowest BCUT2D eigenvalue weighted by Crippen LogP contribution is -2.27. The van der Waals surface area contributed by atoms with Crippen molar-refractivity contribution in [2.24, 2.45) is 0 Å². The second-order valence-corrected chi connectivity index (χ2v) is 10.6. The Morgan fingerprint density at radius 3 is 2.10 bits per heavy atom. The molecule has 0 radical (unpaired) electrons. The van der Waals surface area contributed by atoms with Gasteiger partial charge in [-0.15, -0.1) is 0 Å². The molecule has 3 aromatic carbocycles. The zero-order valence-corrected chi connectivity index (χ0v) is 24.9. The van der Waals surface area contributed by atoms with E-state index in [0.717, 1.165) is 24.0 Å². The quantitative estimate of drug-likeness (QED) is 0.0992. The maximum absolute atomic E-state index is 12.6. The molecule has 42 heavy (non-hydrogen) atoms. The summed E-state index contributed by atoms with van der Waals surface area (Å²) in [5.74, 6) is -0.500. The fourth-order valence-electron chi connectivity index (χ4n) is 4.66. The first kappa shape index (κ1) is 32.7. The van der Waals surface area contributed by atoms with Gasteiger partial charge in [0.05, 0.1) is 12.2 Å². The summed E-state index contributed by atoms with van der Waals surface area (Å²) in [6.45, 7) is 3.17. The fraction of sp³-hybridized carbons (Fsp3) is 0.429. The van der Waals surface area contributed by atoms with E-state index in [4.69, 9.17) is 9.57 Å². The van der Waals surface area contributed by atoms with Gasteiger partial charge < -0.3 is 15.2 Å². The number of benzene rings is 3. The van der Waals surface area contributed by atoms with Crippen molar-refractivity contribution in [1.29, 1.82) is 0 Å². The highest BCUT2D eigenvalue weighted by Crippen LogP contribution is 2.24. The minimum absolute atomic E-state index is 0.0836. The summed E-state index contributed by atoms with van der Waals surface area (Å²) in [6, 6.07) is 24.5. The highest BCUT2D eigenvalue weighted by molar-refractivity contribution is 5.94. The molecular formula is C35H46N2O5. The van der Waals surface area contributed by atoms with Crippen molar-refractivity contribution < 1.29 is 24.3 Å². The van der Waals surface area contributed by atoms with Crippen LogP contribution in [0, 0.1) is 0 Å². The Morgan fingerprint density at radius 2 is 1.43 bits per heavy atom. The van der Waals surface area contributed by atoms with Gasteiger partial charge in [0.1, 0.15) is 12.4 Å². The molecule has 0 unspecified atom stereocenters. The number of unbranched alkanes of at least 4 members (excludes halogenated alkanes) is 9. The Hall–Kier alpha value is -3.84. The average Bonchev–Trinajstić information content (AvgIpc) is 3.01. The van der Waals surface area contributed by atoms with Crippen molar-refractivity contribution in [2.45, 2.75) is 84.3 Å². The van der Waals surface area contributed by atoms with Gasteiger partial charge in [-0.2, -0.15) is 0 Å². The fourth-order valence-corrected chi connectivity index (χ4v) is 4.66. The molecular weight excluding hydrogens is 528 g/mol. The van der Waals surface area contributed by atoms with Crippen LogP contribution < -0.4 is 15.1 Å². The largest absolute Gasteiger partial charge is 0.489 e. The predicted molar refractivity (Wildman–Crippen MR) is 168 cm³/mol. The van der Waals surface area contributed by atoms with Crippen LogP contribution in [0.2, 0.25) is 0 Å². The number of hydrogen-bond acceptors (Lipinski definition) is 5. The zero-order valence-electron chi connectivity index (χ0n) is 24.9. The van der Waals surface area contributed by atoms with Crippen molar-refractivity contribution >= 4 is 17.6 Å². The van der Waals surface area contributed by atoms with E-state index >= 15 is 0 Å². The molecule has 2 N–H and O–H groups in total. The molecule has 3 aromatic rings. The van der Waals surface area contributed by atoms with Gasteiger partial charge in [0.15, 0.2) is 6.61 Å². The summed E-state index contributed by atoms with van der Waals surface area (Å²) in [6.07, 6.45) is 12.6. The number of nitrogens with zero attached hydrogens (tertiary/aromatic N) is 1. The molecule has 0 saturated heterocycles. The van der Waals surface area contributed by atoms with E-state index in [1.807, 2.05) is 66.7 Å². The standard InChI is InChI=1S/C35H46N2O5/c1-2-3-4-5-6-7-8-9-10-14-24-36-35(40)31-22-20-29(21-23-31)26-37(42-28-34(38)39)32-18-15-19-33(25-32)41-27-30-16-12-11-13-17-30/h11-13,15-23,25H,2-10,14,24,26-28H2,1H3,(H,36,40)(H,38,39). The normalized spacial score (nSPS) is 10.8. The molecule has 0 heterocycles. The molecule has 0 atom stereocenters. The van der Waals surface area contributed by atoms with Crippen LogP contribution in [0.3, 0.4) is 0 Å². The third kappa shape index (κ3) is 12.8. The van der Waals surface area contributed by atoms with Crippen LogP contribution in [0.1, 0.15) is 92.6 Å². The van der Waals surface area contributed by atoms with Crippen molar-refractivity contribution in [1.82, 2.24) is 5.32 Å².